The first-order valence-electron chi connectivity index (χ1n) is 7.06. The second-order valence-electron chi connectivity index (χ2n) is 5.96. The van der Waals surface area contributed by atoms with Gasteiger partial charge >= 0.3 is 6.18 Å². The van der Waals surface area contributed by atoms with Gasteiger partial charge in [-0.15, -0.1) is 0 Å². The second kappa shape index (κ2) is 6.61. The zero-order chi connectivity index (χ0) is 15.4. The molecule has 1 aromatic carbocycles. The molecule has 20 heavy (non-hydrogen) atoms. The molecule has 0 aromatic heterocycles. The van der Waals surface area contributed by atoms with Crippen molar-refractivity contribution in [2.24, 2.45) is 11.3 Å². The van der Waals surface area contributed by atoms with E-state index in [0.29, 0.717) is 12.3 Å². The molecule has 0 amide bonds. The van der Waals surface area contributed by atoms with Crippen LogP contribution in [0.25, 0.3) is 0 Å². The van der Waals surface area contributed by atoms with Crippen LogP contribution in [0.2, 0.25) is 0 Å². The van der Waals surface area contributed by atoms with Gasteiger partial charge in [0.15, 0.2) is 0 Å². The first-order chi connectivity index (χ1) is 9.19. The van der Waals surface area contributed by atoms with E-state index in [2.05, 4.69) is 26.1 Å². The monoisotopic (exact) mass is 287 g/mol. The van der Waals surface area contributed by atoms with E-state index >= 15 is 0 Å². The standard InChI is InChI=1S/C16H24F3N/c1-5-20-11-15(4,12(2)3)10-13-7-6-8-14(9-13)16(17,18)19/h6-9,12,20H,5,10-11H2,1-4H3. The highest BCUT2D eigenvalue weighted by molar-refractivity contribution is 5.26. The minimum Gasteiger partial charge on any atom is -0.316 e. The summed E-state index contributed by atoms with van der Waals surface area (Å²) >= 11 is 0. The Balaban J connectivity index is 2.94. The molecular formula is C16H24F3N. The van der Waals surface area contributed by atoms with Crippen molar-refractivity contribution < 1.29 is 13.2 Å². The molecule has 1 nitrogen and oxygen atoms in total. The predicted octanol–water partition coefficient (Wildman–Crippen LogP) is 4.52. The van der Waals surface area contributed by atoms with Crippen LogP contribution in [0.5, 0.6) is 0 Å². The van der Waals surface area contributed by atoms with Gasteiger partial charge in [-0.1, -0.05) is 45.9 Å². The van der Waals surface area contributed by atoms with E-state index in [4.69, 9.17) is 0 Å². The van der Waals surface area contributed by atoms with Crippen molar-refractivity contribution in [3.8, 4) is 0 Å². The lowest BCUT2D eigenvalue weighted by Gasteiger charge is -2.34. The fourth-order valence-electron chi connectivity index (χ4n) is 2.21. The Morgan fingerprint density at radius 3 is 2.35 bits per heavy atom. The lowest BCUT2D eigenvalue weighted by molar-refractivity contribution is -0.137. The number of rotatable bonds is 6. The number of hydrogen-bond donors (Lipinski definition) is 1. The SMILES string of the molecule is CCNCC(C)(Cc1cccc(C(F)(F)F)c1)C(C)C. The van der Waals surface area contributed by atoms with Crippen LogP contribution in [0.3, 0.4) is 0 Å². The maximum absolute atomic E-state index is 12.7. The van der Waals surface area contributed by atoms with Crippen LogP contribution in [-0.4, -0.2) is 13.1 Å². The largest absolute Gasteiger partial charge is 0.416 e. The molecule has 1 unspecified atom stereocenters. The van der Waals surface area contributed by atoms with Crippen LogP contribution in [0.1, 0.15) is 38.8 Å². The molecule has 1 N–H and O–H groups in total. The predicted molar refractivity (Wildman–Crippen MR) is 76.6 cm³/mol. The van der Waals surface area contributed by atoms with Crippen LogP contribution in [0.4, 0.5) is 13.2 Å². The molecule has 0 aliphatic rings. The van der Waals surface area contributed by atoms with E-state index in [0.717, 1.165) is 24.7 Å². The Morgan fingerprint density at radius 2 is 1.85 bits per heavy atom. The Labute approximate surface area is 119 Å². The molecule has 0 saturated heterocycles. The average Bonchev–Trinajstić information content (AvgIpc) is 2.35. The van der Waals surface area contributed by atoms with E-state index in [9.17, 15) is 13.2 Å². The molecule has 0 heterocycles. The Hall–Kier alpha value is -1.03. The van der Waals surface area contributed by atoms with Gasteiger partial charge in [0.05, 0.1) is 5.56 Å². The minimum atomic E-state index is -4.27. The van der Waals surface area contributed by atoms with Crippen molar-refractivity contribution in [2.45, 2.75) is 40.3 Å². The summed E-state index contributed by atoms with van der Waals surface area (Å²) in [5.41, 5.74) is 0.124. The van der Waals surface area contributed by atoms with Crippen molar-refractivity contribution in [1.82, 2.24) is 5.32 Å². The van der Waals surface area contributed by atoms with Gasteiger partial charge in [0.25, 0.3) is 0 Å². The normalized spacial score (nSPS) is 15.4. The number of benzene rings is 1. The maximum Gasteiger partial charge on any atom is 0.416 e. The highest BCUT2D eigenvalue weighted by atomic mass is 19.4. The van der Waals surface area contributed by atoms with Gasteiger partial charge in [-0.05, 0) is 35.9 Å². The molecule has 4 heteroatoms. The summed E-state index contributed by atoms with van der Waals surface area (Å²) in [7, 11) is 0. The summed E-state index contributed by atoms with van der Waals surface area (Å²) in [6.45, 7) is 10.1. The Bertz CT molecular complexity index is 426. The zero-order valence-electron chi connectivity index (χ0n) is 12.6. The summed E-state index contributed by atoms with van der Waals surface area (Å²) in [6.07, 6.45) is -3.63. The fourth-order valence-corrected chi connectivity index (χ4v) is 2.21. The van der Waals surface area contributed by atoms with E-state index < -0.39 is 11.7 Å². The van der Waals surface area contributed by atoms with Crippen LogP contribution in [0, 0.1) is 11.3 Å². The smallest absolute Gasteiger partial charge is 0.316 e. The van der Waals surface area contributed by atoms with Crippen LogP contribution in [-0.2, 0) is 12.6 Å². The summed E-state index contributed by atoms with van der Waals surface area (Å²) in [5, 5.41) is 3.31. The second-order valence-corrected chi connectivity index (χ2v) is 5.96. The summed E-state index contributed by atoms with van der Waals surface area (Å²) in [4.78, 5) is 0. The van der Waals surface area contributed by atoms with Crippen molar-refractivity contribution >= 4 is 0 Å². The number of alkyl halides is 3. The van der Waals surface area contributed by atoms with E-state index in [1.807, 2.05) is 6.92 Å². The quantitative estimate of drug-likeness (QED) is 0.811. The van der Waals surface area contributed by atoms with E-state index in [-0.39, 0.29) is 5.41 Å². The third-order valence-electron chi connectivity index (χ3n) is 4.03. The molecule has 114 valence electrons. The highest BCUT2D eigenvalue weighted by Gasteiger charge is 2.32. The molecule has 0 aliphatic heterocycles. The van der Waals surface area contributed by atoms with Crippen LogP contribution < -0.4 is 5.32 Å². The highest BCUT2D eigenvalue weighted by Crippen LogP contribution is 2.34. The molecule has 0 spiro atoms. The van der Waals surface area contributed by atoms with Crippen LogP contribution in [0.15, 0.2) is 24.3 Å². The van der Waals surface area contributed by atoms with Gasteiger partial charge in [0.2, 0.25) is 0 Å². The minimum absolute atomic E-state index is 0.0553. The van der Waals surface area contributed by atoms with E-state index in [1.54, 1.807) is 6.07 Å². The molecule has 1 rings (SSSR count). The maximum atomic E-state index is 12.7. The molecule has 1 atom stereocenters. The molecule has 0 aliphatic carbocycles. The third-order valence-corrected chi connectivity index (χ3v) is 4.03. The number of hydrogen-bond acceptors (Lipinski definition) is 1. The molecule has 1 aromatic rings. The molecule has 0 saturated carbocycles. The summed E-state index contributed by atoms with van der Waals surface area (Å²) in [6, 6.07) is 5.67. The van der Waals surface area contributed by atoms with Gasteiger partial charge in [0, 0.05) is 6.54 Å². The van der Waals surface area contributed by atoms with Gasteiger partial charge in [0.1, 0.15) is 0 Å². The summed E-state index contributed by atoms with van der Waals surface area (Å²) < 4.78 is 38.2. The molecule has 0 bridgehead atoms. The molecular weight excluding hydrogens is 263 g/mol. The molecule has 0 radical (unpaired) electrons. The van der Waals surface area contributed by atoms with Crippen molar-refractivity contribution in [1.29, 1.82) is 0 Å². The van der Waals surface area contributed by atoms with Crippen molar-refractivity contribution in [3.63, 3.8) is 0 Å². The molecule has 0 fully saturated rings. The number of nitrogens with one attached hydrogen (secondary N) is 1. The van der Waals surface area contributed by atoms with Crippen LogP contribution >= 0.6 is 0 Å². The van der Waals surface area contributed by atoms with E-state index in [1.165, 1.54) is 12.1 Å². The topological polar surface area (TPSA) is 12.0 Å². The first kappa shape index (κ1) is 17.0. The van der Waals surface area contributed by atoms with Gasteiger partial charge in [-0.25, -0.2) is 0 Å². The summed E-state index contributed by atoms with van der Waals surface area (Å²) in [5.74, 6) is 0.385. The third kappa shape index (κ3) is 4.51. The fraction of sp³-hybridized carbons (Fsp3) is 0.625. The van der Waals surface area contributed by atoms with Crippen molar-refractivity contribution in [2.75, 3.05) is 13.1 Å². The Kier molecular flexibility index (Phi) is 5.63. The lowest BCUT2D eigenvalue weighted by Crippen LogP contribution is -2.38. The van der Waals surface area contributed by atoms with Gasteiger partial charge in [-0.2, -0.15) is 13.2 Å². The number of halogens is 3. The van der Waals surface area contributed by atoms with Gasteiger partial charge in [-0.3, -0.25) is 0 Å². The van der Waals surface area contributed by atoms with Crippen molar-refractivity contribution in [3.05, 3.63) is 35.4 Å². The lowest BCUT2D eigenvalue weighted by atomic mass is 9.74. The Morgan fingerprint density at radius 1 is 1.20 bits per heavy atom. The zero-order valence-corrected chi connectivity index (χ0v) is 12.6. The first-order valence-corrected chi connectivity index (χ1v) is 7.06. The average molecular weight is 287 g/mol. The van der Waals surface area contributed by atoms with Gasteiger partial charge < -0.3 is 5.32 Å².